The SMILES string of the molecule is C=CCC(N)C(=O)NCCCOCc1ccco1. The Kier molecular flexibility index (Phi) is 6.83. The van der Waals surface area contributed by atoms with Crippen LogP contribution in [0.2, 0.25) is 0 Å². The molecule has 0 aliphatic rings. The van der Waals surface area contributed by atoms with Gasteiger partial charge in [-0.3, -0.25) is 4.79 Å². The minimum atomic E-state index is -0.508. The average molecular weight is 252 g/mol. The van der Waals surface area contributed by atoms with Crippen LogP contribution in [0.15, 0.2) is 35.5 Å². The van der Waals surface area contributed by atoms with Crippen LogP contribution in [0.4, 0.5) is 0 Å². The molecule has 1 amide bonds. The number of nitrogens with one attached hydrogen (secondary N) is 1. The second-order valence-electron chi connectivity index (χ2n) is 3.91. The molecule has 1 heterocycles. The predicted molar refractivity (Wildman–Crippen MR) is 68.8 cm³/mol. The third-order valence-corrected chi connectivity index (χ3v) is 2.35. The van der Waals surface area contributed by atoms with E-state index in [0.29, 0.717) is 26.2 Å². The molecule has 18 heavy (non-hydrogen) atoms. The first-order chi connectivity index (χ1) is 8.74. The molecule has 5 nitrogen and oxygen atoms in total. The van der Waals surface area contributed by atoms with Gasteiger partial charge in [-0.2, -0.15) is 0 Å². The third-order valence-electron chi connectivity index (χ3n) is 2.35. The van der Waals surface area contributed by atoms with Crippen molar-refractivity contribution in [3.05, 3.63) is 36.8 Å². The van der Waals surface area contributed by atoms with Crippen LogP contribution in [-0.4, -0.2) is 25.1 Å². The van der Waals surface area contributed by atoms with E-state index in [1.807, 2.05) is 12.1 Å². The van der Waals surface area contributed by atoms with E-state index in [2.05, 4.69) is 11.9 Å². The van der Waals surface area contributed by atoms with Gasteiger partial charge in [-0.15, -0.1) is 6.58 Å². The molecule has 1 aromatic rings. The van der Waals surface area contributed by atoms with Crippen molar-refractivity contribution >= 4 is 5.91 Å². The summed E-state index contributed by atoms with van der Waals surface area (Å²) in [6.07, 6.45) is 4.48. The number of rotatable bonds is 9. The normalized spacial score (nSPS) is 12.1. The Morgan fingerprint density at radius 2 is 2.50 bits per heavy atom. The number of hydrogen-bond acceptors (Lipinski definition) is 4. The van der Waals surface area contributed by atoms with Crippen LogP contribution in [0.3, 0.4) is 0 Å². The van der Waals surface area contributed by atoms with Gasteiger partial charge in [0.05, 0.1) is 12.3 Å². The first-order valence-electron chi connectivity index (χ1n) is 5.98. The summed E-state index contributed by atoms with van der Waals surface area (Å²) in [5.74, 6) is 0.646. The monoisotopic (exact) mass is 252 g/mol. The molecule has 0 saturated heterocycles. The van der Waals surface area contributed by atoms with Crippen molar-refractivity contribution in [1.29, 1.82) is 0 Å². The number of nitrogens with two attached hydrogens (primary N) is 1. The van der Waals surface area contributed by atoms with Crippen LogP contribution in [0, 0.1) is 0 Å². The van der Waals surface area contributed by atoms with Crippen LogP contribution < -0.4 is 11.1 Å². The molecule has 3 N–H and O–H groups in total. The van der Waals surface area contributed by atoms with E-state index in [9.17, 15) is 4.79 Å². The second kappa shape index (κ2) is 8.49. The maximum absolute atomic E-state index is 11.4. The number of ether oxygens (including phenoxy) is 1. The molecule has 1 atom stereocenters. The lowest BCUT2D eigenvalue weighted by molar-refractivity contribution is -0.122. The summed E-state index contributed by atoms with van der Waals surface area (Å²) in [4.78, 5) is 11.4. The fraction of sp³-hybridized carbons (Fsp3) is 0.462. The molecular formula is C13H20N2O3. The smallest absolute Gasteiger partial charge is 0.237 e. The summed E-state index contributed by atoms with van der Waals surface area (Å²) < 4.78 is 10.5. The summed E-state index contributed by atoms with van der Waals surface area (Å²) in [5.41, 5.74) is 5.61. The molecule has 5 heteroatoms. The summed E-state index contributed by atoms with van der Waals surface area (Å²) in [5, 5.41) is 2.75. The van der Waals surface area contributed by atoms with E-state index in [1.165, 1.54) is 0 Å². The maximum Gasteiger partial charge on any atom is 0.237 e. The fourth-order valence-electron chi connectivity index (χ4n) is 1.37. The Hall–Kier alpha value is -1.59. The molecule has 0 radical (unpaired) electrons. The fourth-order valence-corrected chi connectivity index (χ4v) is 1.37. The zero-order valence-corrected chi connectivity index (χ0v) is 10.4. The summed E-state index contributed by atoms with van der Waals surface area (Å²) in [6, 6.07) is 3.17. The molecule has 1 unspecified atom stereocenters. The van der Waals surface area contributed by atoms with Crippen LogP contribution >= 0.6 is 0 Å². The molecule has 0 spiro atoms. The van der Waals surface area contributed by atoms with Gasteiger partial charge >= 0.3 is 0 Å². The summed E-state index contributed by atoms with van der Waals surface area (Å²) in [7, 11) is 0. The van der Waals surface area contributed by atoms with Gasteiger partial charge in [0.2, 0.25) is 5.91 Å². The van der Waals surface area contributed by atoms with Crippen LogP contribution in [0.25, 0.3) is 0 Å². The van der Waals surface area contributed by atoms with Crippen molar-refractivity contribution in [3.8, 4) is 0 Å². The average Bonchev–Trinajstić information content (AvgIpc) is 2.86. The maximum atomic E-state index is 11.4. The van der Waals surface area contributed by atoms with Gasteiger partial charge in [-0.1, -0.05) is 6.08 Å². The predicted octanol–water partition coefficient (Wildman–Crippen LogP) is 1.21. The Morgan fingerprint density at radius 3 is 3.17 bits per heavy atom. The number of carbonyl (C=O) groups is 1. The summed E-state index contributed by atoms with van der Waals surface area (Å²) >= 11 is 0. The first-order valence-corrected chi connectivity index (χ1v) is 5.98. The number of hydrogen-bond donors (Lipinski definition) is 2. The highest BCUT2D eigenvalue weighted by Crippen LogP contribution is 2.01. The quantitative estimate of drug-likeness (QED) is 0.511. The molecule has 0 aliphatic heterocycles. The topological polar surface area (TPSA) is 77.5 Å². The highest BCUT2D eigenvalue weighted by Gasteiger charge is 2.09. The molecule has 0 saturated carbocycles. The van der Waals surface area contributed by atoms with Gasteiger partial charge in [0, 0.05) is 13.2 Å². The van der Waals surface area contributed by atoms with E-state index in [0.717, 1.165) is 12.2 Å². The third kappa shape index (κ3) is 5.65. The van der Waals surface area contributed by atoms with Gasteiger partial charge in [0.15, 0.2) is 0 Å². The van der Waals surface area contributed by atoms with E-state index in [-0.39, 0.29) is 5.91 Å². The largest absolute Gasteiger partial charge is 0.467 e. The highest BCUT2D eigenvalue weighted by atomic mass is 16.5. The second-order valence-corrected chi connectivity index (χ2v) is 3.91. The van der Waals surface area contributed by atoms with Crippen molar-refractivity contribution in [2.45, 2.75) is 25.5 Å². The van der Waals surface area contributed by atoms with E-state index in [4.69, 9.17) is 14.9 Å². The molecule has 1 rings (SSSR count). The lowest BCUT2D eigenvalue weighted by Crippen LogP contribution is -2.40. The molecule has 100 valence electrons. The minimum absolute atomic E-state index is 0.152. The first kappa shape index (κ1) is 14.5. The Bertz CT molecular complexity index is 349. The molecule has 0 aliphatic carbocycles. The van der Waals surface area contributed by atoms with Crippen LogP contribution in [0.5, 0.6) is 0 Å². The zero-order valence-electron chi connectivity index (χ0n) is 10.4. The lowest BCUT2D eigenvalue weighted by atomic mass is 10.2. The molecule has 0 aromatic carbocycles. The zero-order chi connectivity index (χ0) is 13.2. The van der Waals surface area contributed by atoms with E-state index < -0.39 is 6.04 Å². The highest BCUT2D eigenvalue weighted by molar-refractivity contribution is 5.81. The van der Waals surface area contributed by atoms with Gasteiger partial charge < -0.3 is 20.2 Å². The molecular weight excluding hydrogens is 232 g/mol. The Labute approximate surface area is 107 Å². The number of carbonyl (C=O) groups excluding carboxylic acids is 1. The van der Waals surface area contributed by atoms with Gasteiger partial charge in [-0.05, 0) is 25.0 Å². The van der Waals surface area contributed by atoms with E-state index in [1.54, 1.807) is 12.3 Å². The van der Waals surface area contributed by atoms with Gasteiger partial charge in [-0.25, -0.2) is 0 Å². The van der Waals surface area contributed by atoms with Crippen molar-refractivity contribution in [2.24, 2.45) is 5.73 Å². The van der Waals surface area contributed by atoms with Crippen LogP contribution in [-0.2, 0) is 16.1 Å². The van der Waals surface area contributed by atoms with Crippen molar-refractivity contribution in [2.75, 3.05) is 13.2 Å². The standard InChI is InChI=1S/C13H20N2O3/c1-2-5-12(14)13(16)15-7-4-8-17-10-11-6-3-9-18-11/h2-3,6,9,12H,1,4-5,7-8,10,14H2,(H,15,16). The van der Waals surface area contributed by atoms with Crippen molar-refractivity contribution < 1.29 is 13.9 Å². The number of amides is 1. The van der Waals surface area contributed by atoms with Gasteiger partial charge in [0.25, 0.3) is 0 Å². The molecule has 1 aromatic heterocycles. The lowest BCUT2D eigenvalue weighted by Gasteiger charge is -2.10. The van der Waals surface area contributed by atoms with Crippen molar-refractivity contribution in [3.63, 3.8) is 0 Å². The van der Waals surface area contributed by atoms with Crippen LogP contribution in [0.1, 0.15) is 18.6 Å². The van der Waals surface area contributed by atoms with E-state index >= 15 is 0 Å². The summed E-state index contributed by atoms with van der Waals surface area (Å²) in [6.45, 7) is 5.12. The number of furan rings is 1. The Balaban J connectivity index is 1.98. The van der Waals surface area contributed by atoms with Crippen molar-refractivity contribution in [1.82, 2.24) is 5.32 Å². The Morgan fingerprint density at radius 1 is 1.67 bits per heavy atom. The molecule has 0 fully saturated rings. The molecule has 0 bridgehead atoms. The van der Waals surface area contributed by atoms with Gasteiger partial charge in [0.1, 0.15) is 12.4 Å². The minimum Gasteiger partial charge on any atom is -0.467 e.